The number of fused-ring (bicyclic) bond motifs is 2. The Kier molecular flexibility index (Phi) is 5.35. The van der Waals surface area contributed by atoms with Gasteiger partial charge in [-0.25, -0.2) is 13.1 Å². The molecule has 0 spiro atoms. The van der Waals surface area contributed by atoms with Crippen LogP contribution in [0.15, 0.2) is 29.2 Å². The molecule has 2 N–H and O–H groups in total. The van der Waals surface area contributed by atoms with Crippen molar-refractivity contribution in [2.75, 3.05) is 6.61 Å². The Balaban J connectivity index is 1.87. The molecule has 0 aliphatic carbocycles. The molecule has 1 aromatic carbocycles. The van der Waals surface area contributed by atoms with Crippen LogP contribution >= 0.6 is 0 Å². The number of rotatable bonds is 4. The van der Waals surface area contributed by atoms with Crippen molar-refractivity contribution in [1.29, 1.82) is 0 Å². The lowest BCUT2D eigenvalue weighted by Gasteiger charge is -2.39. The molecule has 0 radical (unpaired) electrons. The highest BCUT2D eigenvalue weighted by atomic mass is 32.2. The van der Waals surface area contributed by atoms with E-state index in [0.717, 1.165) is 5.56 Å². The summed E-state index contributed by atoms with van der Waals surface area (Å²) >= 11 is 0. The largest absolute Gasteiger partial charge is 0.455 e. The van der Waals surface area contributed by atoms with E-state index in [2.05, 4.69) is 4.72 Å². The molecule has 0 amide bonds. The fourth-order valence-electron chi connectivity index (χ4n) is 2.92. The molecule has 1 aromatic rings. The number of benzene rings is 1. The first-order chi connectivity index (χ1) is 12.5. The molecule has 0 unspecified atom stereocenters. The molecule has 2 aliphatic rings. The number of hydrogen-bond acceptors (Lipinski definition) is 7. The van der Waals surface area contributed by atoms with Gasteiger partial charge in [0.25, 0.3) is 0 Å². The second-order valence-corrected chi connectivity index (χ2v) is 9.66. The van der Waals surface area contributed by atoms with E-state index in [-0.39, 0.29) is 11.5 Å². The van der Waals surface area contributed by atoms with Crippen LogP contribution in [0.2, 0.25) is 0 Å². The molecule has 0 saturated carbocycles. The van der Waals surface area contributed by atoms with E-state index in [4.69, 9.17) is 14.2 Å². The molecule has 150 valence electrons. The van der Waals surface area contributed by atoms with Gasteiger partial charge in [0.15, 0.2) is 12.4 Å². The third-order valence-electron chi connectivity index (χ3n) is 4.58. The van der Waals surface area contributed by atoms with Gasteiger partial charge in [0.2, 0.25) is 10.0 Å². The Morgan fingerprint density at radius 1 is 1.26 bits per heavy atom. The van der Waals surface area contributed by atoms with E-state index in [1.54, 1.807) is 32.9 Å². The standard InChI is InChI=1S/C18H25NO7S/c1-10-5-7-11(8-6-10)27(22,23)19-13-14(20)12-9-24-16(25-12)15(13)26-17(21)18(2,3)4/h5-8,12-16,19-20H,9H2,1-4H3/t12-,13-,14-,15+,16-/m1/s1. The van der Waals surface area contributed by atoms with Gasteiger partial charge in [0, 0.05) is 0 Å². The van der Waals surface area contributed by atoms with E-state index in [9.17, 15) is 18.3 Å². The summed E-state index contributed by atoms with van der Waals surface area (Å²) in [6, 6.07) is 5.22. The van der Waals surface area contributed by atoms with Gasteiger partial charge in [0.05, 0.1) is 23.0 Å². The molecule has 5 atom stereocenters. The van der Waals surface area contributed by atoms with Crippen molar-refractivity contribution >= 4 is 16.0 Å². The molecular weight excluding hydrogens is 374 g/mol. The van der Waals surface area contributed by atoms with Crippen molar-refractivity contribution in [3.05, 3.63) is 29.8 Å². The van der Waals surface area contributed by atoms with Crippen LogP contribution in [0.3, 0.4) is 0 Å². The van der Waals surface area contributed by atoms with Crippen molar-refractivity contribution < 1.29 is 32.5 Å². The van der Waals surface area contributed by atoms with Crippen LogP contribution in [-0.4, -0.2) is 56.7 Å². The minimum Gasteiger partial charge on any atom is -0.455 e. The zero-order valence-electron chi connectivity index (χ0n) is 15.7. The number of carbonyl (C=O) groups is 1. The maximum atomic E-state index is 12.8. The predicted molar refractivity (Wildman–Crippen MR) is 95.2 cm³/mol. The zero-order valence-corrected chi connectivity index (χ0v) is 16.5. The number of aliphatic hydroxyl groups is 1. The van der Waals surface area contributed by atoms with Crippen molar-refractivity contribution in [2.45, 2.75) is 63.2 Å². The summed E-state index contributed by atoms with van der Waals surface area (Å²) in [5, 5.41) is 10.6. The fourth-order valence-corrected chi connectivity index (χ4v) is 4.18. The number of hydrogen-bond donors (Lipinski definition) is 2. The molecule has 27 heavy (non-hydrogen) atoms. The van der Waals surface area contributed by atoms with Crippen molar-refractivity contribution in [3.8, 4) is 0 Å². The Hall–Kier alpha value is -1.52. The average Bonchev–Trinajstić information content (AvgIpc) is 3.02. The quantitative estimate of drug-likeness (QED) is 0.718. The van der Waals surface area contributed by atoms with E-state index in [1.807, 2.05) is 6.92 Å². The third-order valence-corrected chi connectivity index (χ3v) is 6.06. The average molecular weight is 399 g/mol. The van der Waals surface area contributed by atoms with E-state index < -0.39 is 52.1 Å². The maximum Gasteiger partial charge on any atom is 0.311 e. The smallest absolute Gasteiger partial charge is 0.311 e. The number of esters is 1. The third kappa shape index (κ3) is 4.17. The first-order valence-corrected chi connectivity index (χ1v) is 10.2. The first kappa shape index (κ1) is 20.2. The second-order valence-electron chi connectivity index (χ2n) is 7.95. The van der Waals surface area contributed by atoms with Gasteiger partial charge in [-0.3, -0.25) is 4.79 Å². The van der Waals surface area contributed by atoms with E-state index >= 15 is 0 Å². The fraction of sp³-hybridized carbons (Fsp3) is 0.611. The topological polar surface area (TPSA) is 111 Å². The lowest BCUT2D eigenvalue weighted by Crippen LogP contribution is -2.62. The SMILES string of the molecule is Cc1ccc(S(=O)(=O)N[C@@H]2[C@H](O)[C@H]3CO[C@H](O3)[C@H]2OC(=O)C(C)(C)C)cc1. The van der Waals surface area contributed by atoms with Crippen LogP contribution < -0.4 is 4.72 Å². The lowest BCUT2D eigenvalue weighted by atomic mass is 9.95. The molecule has 9 heteroatoms. The van der Waals surface area contributed by atoms with Crippen molar-refractivity contribution in [3.63, 3.8) is 0 Å². The number of aryl methyl sites for hydroxylation is 1. The summed E-state index contributed by atoms with van der Waals surface area (Å²) in [4.78, 5) is 12.4. The predicted octanol–water partition coefficient (Wildman–Crippen LogP) is 0.716. The number of aliphatic hydroxyl groups excluding tert-OH is 1. The van der Waals surface area contributed by atoms with Crippen molar-refractivity contribution in [2.24, 2.45) is 5.41 Å². The Morgan fingerprint density at radius 3 is 2.48 bits per heavy atom. The molecule has 2 bridgehead atoms. The van der Waals surface area contributed by atoms with E-state index in [1.165, 1.54) is 12.1 Å². The summed E-state index contributed by atoms with van der Waals surface area (Å²) in [7, 11) is -3.95. The highest BCUT2D eigenvalue weighted by molar-refractivity contribution is 7.89. The highest BCUT2D eigenvalue weighted by Gasteiger charge is 2.53. The van der Waals surface area contributed by atoms with Crippen LogP contribution in [0.25, 0.3) is 0 Å². The van der Waals surface area contributed by atoms with Crippen LogP contribution in [0.4, 0.5) is 0 Å². The van der Waals surface area contributed by atoms with Crippen LogP contribution in [-0.2, 0) is 29.0 Å². The molecule has 2 aliphatic heterocycles. The lowest BCUT2D eigenvalue weighted by molar-refractivity contribution is -0.216. The van der Waals surface area contributed by atoms with Crippen LogP contribution in [0, 0.1) is 12.3 Å². The Bertz CT molecular complexity index is 800. The van der Waals surface area contributed by atoms with Crippen molar-refractivity contribution in [1.82, 2.24) is 4.72 Å². The second kappa shape index (κ2) is 7.14. The molecule has 2 heterocycles. The molecule has 3 rings (SSSR count). The molecule has 8 nitrogen and oxygen atoms in total. The maximum absolute atomic E-state index is 12.8. The summed E-state index contributed by atoms with van der Waals surface area (Å²) in [5.74, 6) is -0.545. The summed E-state index contributed by atoms with van der Waals surface area (Å²) in [6.45, 7) is 6.99. The van der Waals surface area contributed by atoms with Gasteiger partial charge < -0.3 is 19.3 Å². The molecule has 2 saturated heterocycles. The Morgan fingerprint density at radius 2 is 1.89 bits per heavy atom. The number of nitrogens with one attached hydrogen (secondary N) is 1. The molecule has 2 fully saturated rings. The number of sulfonamides is 1. The first-order valence-electron chi connectivity index (χ1n) is 8.74. The van der Waals surface area contributed by atoms with Gasteiger partial charge in [-0.05, 0) is 39.8 Å². The minimum absolute atomic E-state index is 0.0564. The van der Waals surface area contributed by atoms with Gasteiger partial charge in [0.1, 0.15) is 12.2 Å². The summed E-state index contributed by atoms with van der Waals surface area (Å²) in [5.41, 5.74) is 0.115. The summed E-state index contributed by atoms with van der Waals surface area (Å²) < 4.78 is 44.5. The monoisotopic (exact) mass is 399 g/mol. The van der Waals surface area contributed by atoms with Crippen LogP contribution in [0.5, 0.6) is 0 Å². The number of carbonyl (C=O) groups excluding carboxylic acids is 1. The van der Waals surface area contributed by atoms with Crippen LogP contribution in [0.1, 0.15) is 26.3 Å². The van der Waals surface area contributed by atoms with Gasteiger partial charge >= 0.3 is 5.97 Å². The zero-order chi connectivity index (χ0) is 20.0. The van der Waals surface area contributed by atoms with Gasteiger partial charge in [-0.15, -0.1) is 0 Å². The minimum atomic E-state index is -3.95. The summed E-state index contributed by atoms with van der Waals surface area (Å²) in [6.07, 6.45) is -3.95. The Labute approximate surface area is 158 Å². The normalized spacial score (nSPS) is 30.9. The molecule has 0 aromatic heterocycles. The number of ether oxygens (including phenoxy) is 3. The molecular formula is C18H25NO7S. The highest BCUT2D eigenvalue weighted by Crippen LogP contribution is 2.32. The van der Waals surface area contributed by atoms with Gasteiger partial charge in [-0.2, -0.15) is 0 Å². The van der Waals surface area contributed by atoms with E-state index in [0.29, 0.717) is 0 Å². The van der Waals surface area contributed by atoms with Gasteiger partial charge in [-0.1, -0.05) is 17.7 Å².